The first-order valence-electron chi connectivity index (χ1n) is 7.62. The average molecular weight is 311 g/mol. The second kappa shape index (κ2) is 5.38. The quantitative estimate of drug-likeness (QED) is 0.784. The van der Waals surface area contributed by atoms with Crippen LogP contribution >= 0.6 is 0 Å². The molecule has 4 rings (SSSR count). The maximum atomic E-state index is 12.6. The van der Waals surface area contributed by atoms with Gasteiger partial charge >= 0.3 is 0 Å². The summed E-state index contributed by atoms with van der Waals surface area (Å²) in [5.74, 6) is 1.39. The lowest BCUT2D eigenvalue weighted by molar-refractivity contribution is 0.722. The highest BCUT2D eigenvalue weighted by Crippen LogP contribution is 2.23. The van der Waals surface area contributed by atoms with Gasteiger partial charge in [-0.25, -0.2) is 15.0 Å². The Morgan fingerprint density at radius 1 is 1.30 bits per heavy atom. The van der Waals surface area contributed by atoms with E-state index in [0.29, 0.717) is 17.5 Å². The van der Waals surface area contributed by atoms with Gasteiger partial charge in [0.2, 0.25) is 0 Å². The van der Waals surface area contributed by atoms with Gasteiger partial charge in [0.1, 0.15) is 17.8 Å². The third kappa shape index (κ3) is 2.32. The van der Waals surface area contributed by atoms with Crippen molar-refractivity contribution in [3.05, 3.63) is 47.7 Å². The summed E-state index contributed by atoms with van der Waals surface area (Å²) in [5.41, 5.74) is 0.319. The Hall–Kier alpha value is -2.90. The summed E-state index contributed by atoms with van der Waals surface area (Å²) >= 11 is 0. The highest BCUT2D eigenvalue weighted by atomic mass is 16.1. The number of nitrogens with zero attached hydrogens (tertiary/aromatic N) is 6. The highest BCUT2D eigenvalue weighted by molar-refractivity contribution is 5.45. The van der Waals surface area contributed by atoms with Crippen LogP contribution in [-0.4, -0.2) is 41.9 Å². The lowest BCUT2D eigenvalue weighted by Gasteiger charge is -2.22. The van der Waals surface area contributed by atoms with Gasteiger partial charge in [-0.15, -0.1) is 0 Å². The molecule has 1 unspecified atom stereocenters. The van der Waals surface area contributed by atoms with Crippen LogP contribution in [0.5, 0.6) is 0 Å². The van der Waals surface area contributed by atoms with E-state index >= 15 is 0 Å². The molecule has 0 spiro atoms. The van der Waals surface area contributed by atoms with Crippen LogP contribution in [0.4, 0.5) is 5.82 Å². The van der Waals surface area contributed by atoms with Crippen LogP contribution in [0.25, 0.3) is 11.5 Å². The molecule has 8 heteroatoms. The van der Waals surface area contributed by atoms with Gasteiger partial charge in [0.05, 0.1) is 6.33 Å². The number of rotatable bonds is 3. The van der Waals surface area contributed by atoms with Crippen molar-refractivity contribution >= 4 is 5.82 Å². The molecule has 0 amide bonds. The van der Waals surface area contributed by atoms with Crippen molar-refractivity contribution in [1.29, 1.82) is 0 Å². The Labute approximate surface area is 132 Å². The number of imidazole rings is 1. The second-order valence-corrected chi connectivity index (χ2v) is 5.69. The first-order valence-corrected chi connectivity index (χ1v) is 7.62. The predicted octanol–water partition coefficient (Wildman–Crippen LogP) is 1.13. The minimum atomic E-state index is -0.179. The molecule has 1 aliphatic heterocycles. The fraction of sp³-hybridized carbons (Fsp3) is 0.333. The smallest absolute Gasteiger partial charge is 0.296 e. The molecule has 0 bridgehead atoms. The molecule has 0 aromatic carbocycles. The summed E-state index contributed by atoms with van der Waals surface area (Å²) in [6.45, 7) is 3.17. The number of aromatic amines is 1. The molecule has 3 aromatic rings. The van der Waals surface area contributed by atoms with Crippen LogP contribution in [0.15, 0.2) is 42.1 Å². The van der Waals surface area contributed by atoms with E-state index in [1.807, 2.05) is 6.07 Å². The van der Waals surface area contributed by atoms with Gasteiger partial charge in [-0.3, -0.25) is 14.5 Å². The lowest BCUT2D eigenvalue weighted by atomic mass is 10.2. The number of anilines is 1. The number of hydrogen-bond acceptors (Lipinski definition) is 5. The zero-order valence-corrected chi connectivity index (χ0v) is 12.8. The van der Waals surface area contributed by atoms with E-state index in [1.54, 1.807) is 29.5 Å². The van der Waals surface area contributed by atoms with Crippen molar-refractivity contribution in [3.63, 3.8) is 0 Å². The van der Waals surface area contributed by atoms with Gasteiger partial charge in [-0.05, 0) is 19.8 Å². The predicted molar refractivity (Wildman–Crippen MR) is 85.1 cm³/mol. The number of hydrogen-bond donors (Lipinski definition) is 1. The fourth-order valence-electron chi connectivity index (χ4n) is 3.01. The van der Waals surface area contributed by atoms with Crippen LogP contribution in [-0.2, 0) is 0 Å². The van der Waals surface area contributed by atoms with E-state index in [0.717, 1.165) is 25.2 Å². The third-order valence-electron chi connectivity index (χ3n) is 4.25. The molecule has 1 fully saturated rings. The Morgan fingerprint density at radius 2 is 2.17 bits per heavy atom. The van der Waals surface area contributed by atoms with Crippen LogP contribution in [0.1, 0.15) is 19.8 Å². The number of aromatic nitrogens is 6. The normalized spacial score (nSPS) is 17.8. The molecule has 0 saturated carbocycles. The largest absolute Gasteiger partial charge is 0.354 e. The summed E-state index contributed by atoms with van der Waals surface area (Å²) in [5, 5.41) is 2.95. The van der Waals surface area contributed by atoms with E-state index in [1.165, 1.54) is 11.0 Å². The molecular weight excluding hydrogens is 294 g/mol. The fourth-order valence-corrected chi connectivity index (χ4v) is 3.01. The number of nitrogens with one attached hydrogen (secondary N) is 1. The summed E-state index contributed by atoms with van der Waals surface area (Å²) in [7, 11) is 0. The van der Waals surface area contributed by atoms with Crippen LogP contribution < -0.4 is 10.5 Å². The SMILES string of the molecule is CC1CCCN1c1cc(-n2[nH]cc(-n3ccnc3)c2=O)ncn1. The van der Waals surface area contributed by atoms with E-state index in [-0.39, 0.29) is 5.56 Å². The molecule has 0 radical (unpaired) electrons. The molecule has 0 aliphatic carbocycles. The maximum absolute atomic E-state index is 12.6. The molecule has 3 aromatic heterocycles. The standard InChI is InChI=1S/C15H17N7O/c1-11-3-2-5-21(11)13-7-14(18-9-17-13)22-15(23)12(8-19-22)20-6-4-16-10-20/h4,6-11,19H,2-3,5H2,1H3. The van der Waals surface area contributed by atoms with E-state index in [9.17, 15) is 4.79 Å². The van der Waals surface area contributed by atoms with E-state index in [4.69, 9.17) is 0 Å². The van der Waals surface area contributed by atoms with E-state index in [2.05, 4.69) is 31.9 Å². The first-order chi connectivity index (χ1) is 11.2. The first kappa shape index (κ1) is 13.7. The van der Waals surface area contributed by atoms with Crippen molar-refractivity contribution in [2.45, 2.75) is 25.8 Å². The van der Waals surface area contributed by atoms with Gasteiger partial charge in [-0.2, -0.15) is 4.68 Å². The average Bonchev–Trinajstić information content (AvgIpc) is 3.28. The maximum Gasteiger partial charge on any atom is 0.296 e. The highest BCUT2D eigenvalue weighted by Gasteiger charge is 2.22. The molecule has 8 nitrogen and oxygen atoms in total. The topological polar surface area (TPSA) is 84.6 Å². The number of H-pyrrole nitrogens is 1. The van der Waals surface area contributed by atoms with Crippen LogP contribution in [0, 0.1) is 0 Å². The molecule has 23 heavy (non-hydrogen) atoms. The molecule has 118 valence electrons. The molecule has 1 saturated heterocycles. The molecule has 4 heterocycles. The molecule has 1 N–H and O–H groups in total. The van der Waals surface area contributed by atoms with Crippen molar-refractivity contribution in [1.82, 2.24) is 29.3 Å². The van der Waals surface area contributed by atoms with Gasteiger partial charge in [0, 0.05) is 37.2 Å². The lowest BCUT2D eigenvalue weighted by Crippen LogP contribution is -2.28. The minimum Gasteiger partial charge on any atom is -0.354 e. The van der Waals surface area contributed by atoms with Crippen LogP contribution in [0.2, 0.25) is 0 Å². The van der Waals surface area contributed by atoms with E-state index < -0.39 is 0 Å². The minimum absolute atomic E-state index is 0.179. The summed E-state index contributed by atoms with van der Waals surface area (Å²) < 4.78 is 3.08. The molecule has 1 atom stereocenters. The molecular formula is C15H17N7O. The summed E-state index contributed by atoms with van der Waals surface area (Å²) in [6.07, 6.45) is 10.4. The monoisotopic (exact) mass is 311 g/mol. The van der Waals surface area contributed by atoms with Gasteiger partial charge in [-0.1, -0.05) is 0 Å². The van der Waals surface area contributed by atoms with Crippen molar-refractivity contribution in [3.8, 4) is 11.5 Å². The Morgan fingerprint density at radius 3 is 2.91 bits per heavy atom. The summed E-state index contributed by atoms with van der Waals surface area (Å²) in [4.78, 5) is 27.4. The van der Waals surface area contributed by atoms with Gasteiger partial charge < -0.3 is 4.90 Å². The second-order valence-electron chi connectivity index (χ2n) is 5.69. The van der Waals surface area contributed by atoms with Crippen molar-refractivity contribution < 1.29 is 0 Å². The Bertz CT molecular complexity index is 864. The summed E-state index contributed by atoms with van der Waals surface area (Å²) in [6, 6.07) is 2.30. The zero-order chi connectivity index (χ0) is 15.8. The van der Waals surface area contributed by atoms with Gasteiger partial charge in [0.25, 0.3) is 5.56 Å². The van der Waals surface area contributed by atoms with Crippen molar-refractivity contribution in [2.75, 3.05) is 11.4 Å². The van der Waals surface area contributed by atoms with Crippen LogP contribution in [0.3, 0.4) is 0 Å². The molecule has 1 aliphatic rings. The Balaban J connectivity index is 1.73. The third-order valence-corrected chi connectivity index (χ3v) is 4.25. The zero-order valence-electron chi connectivity index (χ0n) is 12.8. The Kier molecular flexibility index (Phi) is 3.22. The van der Waals surface area contributed by atoms with Gasteiger partial charge in [0.15, 0.2) is 5.82 Å². The van der Waals surface area contributed by atoms with Crippen molar-refractivity contribution in [2.24, 2.45) is 0 Å².